The molecular weight excluding hydrogens is 238 g/mol. The van der Waals surface area contributed by atoms with Gasteiger partial charge in [-0.25, -0.2) is 0 Å². The Bertz CT molecular complexity index is 354. The standard InChI is InChI=1S/C8H8O4.C4H11N.H2O/c1-4(9)8-6(11)2-5(10)3-7(8)12;1-2-3-4-5;/h2-3,10-12H,1H3;2-5H2,1H3;1H2. The van der Waals surface area contributed by atoms with E-state index in [0.717, 1.165) is 18.7 Å². The molecule has 0 amide bonds. The second-order valence-electron chi connectivity index (χ2n) is 3.56. The van der Waals surface area contributed by atoms with Gasteiger partial charge in [0.15, 0.2) is 5.78 Å². The highest BCUT2D eigenvalue weighted by atomic mass is 16.3. The number of carbonyl (C=O) groups is 1. The Balaban J connectivity index is 0. The molecule has 0 saturated carbocycles. The first kappa shape index (κ1) is 18.6. The molecule has 0 atom stereocenters. The first-order valence-corrected chi connectivity index (χ1v) is 5.40. The van der Waals surface area contributed by atoms with Gasteiger partial charge in [-0.3, -0.25) is 4.79 Å². The maximum absolute atomic E-state index is 10.8. The third kappa shape index (κ3) is 6.07. The number of phenolic OH excluding ortho intramolecular Hbond substituents is 3. The smallest absolute Gasteiger partial charge is 0.167 e. The van der Waals surface area contributed by atoms with Gasteiger partial charge in [-0.05, 0) is 19.9 Å². The Kier molecular flexibility index (Phi) is 9.56. The van der Waals surface area contributed by atoms with Crippen LogP contribution in [0.15, 0.2) is 12.1 Å². The van der Waals surface area contributed by atoms with Gasteiger partial charge in [0.05, 0.1) is 0 Å². The summed E-state index contributed by atoms with van der Waals surface area (Å²) in [5, 5.41) is 27.1. The van der Waals surface area contributed by atoms with Gasteiger partial charge in [0.2, 0.25) is 0 Å². The van der Waals surface area contributed by atoms with Gasteiger partial charge in [-0.15, -0.1) is 0 Å². The Morgan fingerprint density at radius 2 is 1.67 bits per heavy atom. The van der Waals surface area contributed by atoms with Gasteiger partial charge >= 0.3 is 0 Å². The zero-order valence-corrected chi connectivity index (χ0v) is 10.6. The maximum atomic E-state index is 10.8. The van der Waals surface area contributed by atoms with Crippen LogP contribution in [0.2, 0.25) is 0 Å². The number of phenols is 3. The van der Waals surface area contributed by atoms with Crippen molar-refractivity contribution >= 4 is 5.78 Å². The van der Waals surface area contributed by atoms with Gasteiger partial charge in [-0.1, -0.05) is 13.3 Å². The zero-order chi connectivity index (χ0) is 13.4. The molecule has 6 heteroatoms. The van der Waals surface area contributed by atoms with Crippen molar-refractivity contribution in [2.75, 3.05) is 6.54 Å². The van der Waals surface area contributed by atoms with E-state index in [0.29, 0.717) is 0 Å². The Hall–Kier alpha value is -1.79. The van der Waals surface area contributed by atoms with E-state index < -0.39 is 17.3 Å². The van der Waals surface area contributed by atoms with Gasteiger partial charge in [0, 0.05) is 12.1 Å². The molecule has 0 fully saturated rings. The minimum atomic E-state index is -0.454. The van der Waals surface area contributed by atoms with Crippen molar-refractivity contribution in [3.05, 3.63) is 17.7 Å². The number of carbonyl (C=O) groups excluding carboxylic acids is 1. The lowest BCUT2D eigenvalue weighted by molar-refractivity contribution is 0.101. The van der Waals surface area contributed by atoms with E-state index in [1.807, 2.05) is 0 Å². The highest BCUT2D eigenvalue weighted by Crippen LogP contribution is 2.31. The third-order valence-electron chi connectivity index (χ3n) is 1.99. The quantitative estimate of drug-likeness (QED) is 0.598. The topological polar surface area (TPSA) is 135 Å². The Labute approximate surface area is 106 Å². The number of unbranched alkanes of at least 4 members (excludes halogenated alkanes) is 1. The summed E-state index contributed by atoms with van der Waals surface area (Å²) in [4.78, 5) is 10.8. The number of hydrogen-bond acceptors (Lipinski definition) is 5. The van der Waals surface area contributed by atoms with Crippen LogP contribution in [0, 0.1) is 0 Å². The van der Waals surface area contributed by atoms with Crippen LogP contribution in [0.25, 0.3) is 0 Å². The molecule has 0 aromatic heterocycles. The molecule has 7 N–H and O–H groups in total. The highest BCUT2D eigenvalue weighted by molar-refractivity contribution is 5.99. The Morgan fingerprint density at radius 1 is 1.22 bits per heavy atom. The Morgan fingerprint density at radius 3 is 1.89 bits per heavy atom. The summed E-state index contributed by atoms with van der Waals surface area (Å²) < 4.78 is 0. The summed E-state index contributed by atoms with van der Waals surface area (Å²) in [7, 11) is 0. The highest BCUT2D eigenvalue weighted by Gasteiger charge is 2.13. The molecule has 0 unspecified atom stereocenters. The van der Waals surface area contributed by atoms with Crippen LogP contribution in [0.1, 0.15) is 37.0 Å². The molecule has 0 spiro atoms. The van der Waals surface area contributed by atoms with Crippen LogP contribution in [0.4, 0.5) is 0 Å². The zero-order valence-electron chi connectivity index (χ0n) is 10.6. The maximum Gasteiger partial charge on any atom is 0.167 e. The molecule has 18 heavy (non-hydrogen) atoms. The molecule has 0 radical (unpaired) electrons. The molecule has 0 bridgehead atoms. The summed E-state index contributed by atoms with van der Waals surface area (Å²) in [6, 6.07) is 1.99. The number of benzene rings is 1. The van der Waals surface area contributed by atoms with Crippen molar-refractivity contribution < 1.29 is 25.6 Å². The predicted octanol–water partition coefficient (Wildman–Crippen LogP) is 0.926. The first-order valence-electron chi connectivity index (χ1n) is 5.40. The number of nitrogens with two attached hydrogens (primary N) is 1. The van der Waals surface area contributed by atoms with Crippen molar-refractivity contribution in [3.8, 4) is 17.2 Å². The lowest BCUT2D eigenvalue weighted by Gasteiger charge is -2.03. The minimum Gasteiger partial charge on any atom is -0.508 e. The van der Waals surface area contributed by atoms with Crippen LogP contribution in [0.5, 0.6) is 17.2 Å². The molecule has 0 saturated heterocycles. The minimum absolute atomic E-state index is 0. The SMILES string of the molecule is CC(=O)c1c(O)cc(O)cc1O.CCCCN.O. The van der Waals surface area contributed by atoms with Crippen LogP contribution in [-0.2, 0) is 0 Å². The van der Waals surface area contributed by atoms with E-state index in [1.54, 1.807) is 0 Å². The number of Topliss-reactive ketones (excluding diaryl/α,β-unsaturated/α-hetero) is 1. The van der Waals surface area contributed by atoms with E-state index in [4.69, 9.17) is 21.1 Å². The van der Waals surface area contributed by atoms with Gasteiger partial charge in [0.1, 0.15) is 22.8 Å². The average Bonchev–Trinajstić information content (AvgIpc) is 2.17. The van der Waals surface area contributed by atoms with E-state index in [9.17, 15) is 4.79 Å². The molecule has 104 valence electrons. The number of rotatable bonds is 3. The van der Waals surface area contributed by atoms with Crippen molar-refractivity contribution in [1.29, 1.82) is 0 Å². The van der Waals surface area contributed by atoms with Crippen molar-refractivity contribution in [2.24, 2.45) is 5.73 Å². The lowest BCUT2D eigenvalue weighted by atomic mass is 10.1. The molecule has 0 aliphatic rings. The third-order valence-corrected chi connectivity index (χ3v) is 1.99. The first-order chi connectivity index (χ1) is 7.93. The van der Waals surface area contributed by atoms with Gasteiger partial charge in [-0.2, -0.15) is 0 Å². The molecule has 1 aromatic rings. The number of hydrogen-bond donors (Lipinski definition) is 4. The molecule has 1 rings (SSSR count). The monoisotopic (exact) mass is 259 g/mol. The predicted molar refractivity (Wildman–Crippen MR) is 69.0 cm³/mol. The summed E-state index contributed by atoms with van der Waals surface area (Å²) in [5.74, 6) is -1.57. The normalized spacial score (nSPS) is 8.83. The average molecular weight is 259 g/mol. The van der Waals surface area contributed by atoms with Gasteiger partial charge in [0.25, 0.3) is 0 Å². The van der Waals surface area contributed by atoms with E-state index >= 15 is 0 Å². The van der Waals surface area contributed by atoms with Crippen molar-refractivity contribution in [1.82, 2.24) is 0 Å². The molecular formula is C12H21NO5. The largest absolute Gasteiger partial charge is 0.508 e. The fourth-order valence-corrected chi connectivity index (χ4v) is 1.16. The summed E-state index contributed by atoms with van der Waals surface area (Å²) in [5.41, 5.74) is 4.97. The van der Waals surface area contributed by atoms with Crippen LogP contribution in [0.3, 0.4) is 0 Å². The van der Waals surface area contributed by atoms with Crippen molar-refractivity contribution in [2.45, 2.75) is 26.7 Å². The summed E-state index contributed by atoms with van der Waals surface area (Å²) >= 11 is 0. The molecule has 6 nitrogen and oxygen atoms in total. The molecule has 1 aromatic carbocycles. The molecule has 0 aliphatic carbocycles. The second-order valence-corrected chi connectivity index (χ2v) is 3.56. The van der Waals surface area contributed by atoms with E-state index in [2.05, 4.69) is 6.92 Å². The fraction of sp³-hybridized carbons (Fsp3) is 0.417. The number of aromatic hydroxyl groups is 3. The van der Waals surface area contributed by atoms with Crippen LogP contribution >= 0.6 is 0 Å². The summed E-state index contributed by atoms with van der Waals surface area (Å²) in [6.07, 6.45) is 2.39. The fourth-order valence-electron chi connectivity index (χ4n) is 1.16. The van der Waals surface area contributed by atoms with Gasteiger partial charge < -0.3 is 26.5 Å². The van der Waals surface area contributed by atoms with Crippen molar-refractivity contribution in [3.63, 3.8) is 0 Å². The van der Waals surface area contributed by atoms with E-state index in [-0.39, 0.29) is 16.8 Å². The molecule has 0 aliphatic heterocycles. The summed E-state index contributed by atoms with van der Waals surface area (Å²) in [6.45, 7) is 4.19. The second kappa shape index (κ2) is 9.26. The van der Waals surface area contributed by atoms with E-state index in [1.165, 1.54) is 19.8 Å². The number of ketones is 1. The van der Waals surface area contributed by atoms with Crippen LogP contribution in [-0.4, -0.2) is 33.1 Å². The lowest BCUT2D eigenvalue weighted by Crippen LogP contribution is -1.95. The van der Waals surface area contributed by atoms with Crippen LogP contribution < -0.4 is 5.73 Å². The molecule has 0 heterocycles.